The van der Waals surface area contributed by atoms with E-state index < -0.39 is 0 Å². The summed E-state index contributed by atoms with van der Waals surface area (Å²) < 4.78 is 0. The summed E-state index contributed by atoms with van der Waals surface area (Å²) in [5.41, 5.74) is 0. The Hall–Kier alpha value is -0.600. The van der Waals surface area contributed by atoms with Crippen molar-refractivity contribution >= 4 is 0 Å². The molecule has 174 valence electrons. The molecule has 0 unspecified atom stereocenters. The van der Waals surface area contributed by atoms with Crippen LogP contribution < -0.4 is 0 Å². The lowest BCUT2D eigenvalue weighted by molar-refractivity contribution is -0.272. The zero-order valence-electron chi connectivity index (χ0n) is 20.6. The molecule has 0 aliphatic rings. The number of hydrogen-bond acceptors (Lipinski definition) is 2. The maximum absolute atomic E-state index is 4.74. The second kappa shape index (κ2) is 32.1. The fourth-order valence-electron chi connectivity index (χ4n) is 3.10. The molecule has 0 N–H and O–H groups in total. The van der Waals surface area contributed by atoms with E-state index in [1.54, 1.807) is 7.11 Å². The molecule has 0 aliphatic heterocycles. The zero-order chi connectivity index (χ0) is 21.7. The Bertz CT molecular complexity index is 302. The molecule has 2 heteroatoms. The van der Waals surface area contributed by atoms with Crippen LogP contribution in [0.3, 0.4) is 0 Å². The first-order chi connectivity index (χ1) is 14.3. The molecule has 0 aliphatic carbocycles. The van der Waals surface area contributed by atoms with Crippen molar-refractivity contribution in [1.29, 1.82) is 0 Å². The summed E-state index contributed by atoms with van der Waals surface area (Å²) in [5, 5.41) is 0. The lowest BCUT2D eigenvalue weighted by Gasteiger charge is -1.99. The molecular formula is C27H54O2. The Morgan fingerprint density at radius 3 is 1.45 bits per heavy atom. The predicted octanol–water partition coefficient (Wildman–Crippen LogP) is 9.74. The molecule has 0 saturated heterocycles. The summed E-state index contributed by atoms with van der Waals surface area (Å²) in [5.74, 6) is 0. The first-order valence-corrected chi connectivity index (χ1v) is 12.8. The average molecular weight is 411 g/mol. The molecule has 0 rings (SSSR count). The number of rotatable bonds is 21. The highest BCUT2D eigenvalue weighted by molar-refractivity contribution is 4.81. The van der Waals surface area contributed by atoms with E-state index in [-0.39, 0.29) is 0 Å². The first-order valence-electron chi connectivity index (χ1n) is 12.8. The van der Waals surface area contributed by atoms with Gasteiger partial charge in [-0.15, -0.1) is 0 Å². The molecule has 0 aromatic rings. The molecule has 29 heavy (non-hydrogen) atoms. The van der Waals surface area contributed by atoms with E-state index in [4.69, 9.17) is 4.89 Å². The van der Waals surface area contributed by atoms with Gasteiger partial charge in [-0.2, -0.15) is 0 Å². The van der Waals surface area contributed by atoms with Gasteiger partial charge in [0.15, 0.2) is 0 Å². The molecule has 2 nitrogen and oxygen atoms in total. The van der Waals surface area contributed by atoms with E-state index in [9.17, 15) is 0 Å². The summed E-state index contributed by atoms with van der Waals surface area (Å²) in [6.07, 6.45) is 33.3. The molecule has 0 heterocycles. The Balaban J connectivity index is 0. The normalized spacial score (nSPS) is 11.3. The van der Waals surface area contributed by atoms with Crippen molar-refractivity contribution in [3.8, 4) is 0 Å². The number of unbranched alkanes of at least 4 members (excludes halogenated alkanes) is 14. The van der Waals surface area contributed by atoms with Crippen molar-refractivity contribution in [3.05, 3.63) is 24.3 Å². The van der Waals surface area contributed by atoms with Crippen molar-refractivity contribution in [2.45, 2.75) is 136 Å². The van der Waals surface area contributed by atoms with Crippen LogP contribution in [0.15, 0.2) is 24.3 Å². The molecular weight excluding hydrogens is 356 g/mol. The van der Waals surface area contributed by atoms with Crippen molar-refractivity contribution < 1.29 is 9.78 Å². The summed E-state index contributed by atoms with van der Waals surface area (Å²) in [4.78, 5) is 9.21. The van der Waals surface area contributed by atoms with Crippen LogP contribution in [-0.2, 0) is 9.78 Å². The first kappa shape index (κ1) is 30.6. The highest BCUT2D eigenvalue weighted by atomic mass is 17.2. The fraction of sp³-hybridized carbons (Fsp3) is 0.852. The lowest BCUT2D eigenvalue weighted by Crippen LogP contribution is -1.92. The molecule has 0 aromatic carbocycles. The zero-order valence-corrected chi connectivity index (χ0v) is 20.6. The molecule has 0 fully saturated rings. The SMILES string of the molecule is CC/C=C\CCCCCCCC/C=C\CCCC.CCCCCCCCOOC. The van der Waals surface area contributed by atoms with Crippen molar-refractivity contribution in [1.82, 2.24) is 0 Å². The Morgan fingerprint density at radius 1 is 0.483 bits per heavy atom. The molecule has 0 amide bonds. The van der Waals surface area contributed by atoms with E-state index in [0.717, 1.165) is 13.0 Å². The van der Waals surface area contributed by atoms with Gasteiger partial charge in [0.25, 0.3) is 0 Å². The molecule has 0 spiro atoms. The van der Waals surface area contributed by atoms with Crippen LogP contribution in [0, 0.1) is 0 Å². The van der Waals surface area contributed by atoms with Gasteiger partial charge in [-0.3, -0.25) is 0 Å². The maximum Gasteiger partial charge on any atom is 0.0822 e. The van der Waals surface area contributed by atoms with Gasteiger partial charge in [-0.05, 0) is 44.9 Å². The summed E-state index contributed by atoms with van der Waals surface area (Å²) >= 11 is 0. The van der Waals surface area contributed by atoms with Crippen LogP contribution in [0.25, 0.3) is 0 Å². The highest BCUT2D eigenvalue weighted by Crippen LogP contribution is 2.09. The molecule has 0 bridgehead atoms. The average Bonchev–Trinajstić information content (AvgIpc) is 2.74. The van der Waals surface area contributed by atoms with Crippen LogP contribution in [0.1, 0.15) is 136 Å². The van der Waals surface area contributed by atoms with Crippen molar-refractivity contribution in [3.63, 3.8) is 0 Å². The third kappa shape index (κ3) is 35.2. The van der Waals surface area contributed by atoms with Crippen LogP contribution in [0.4, 0.5) is 0 Å². The van der Waals surface area contributed by atoms with Gasteiger partial charge in [-0.25, -0.2) is 9.78 Å². The van der Waals surface area contributed by atoms with Gasteiger partial charge in [0.2, 0.25) is 0 Å². The van der Waals surface area contributed by atoms with E-state index >= 15 is 0 Å². The molecule has 0 saturated carbocycles. The van der Waals surface area contributed by atoms with Crippen LogP contribution in [0.5, 0.6) is 0 Å². The van der Waals surface area contributed by atoms with Gasteiger partial charge in [0.05, 0.1) is 13.7 Å². The summed E-state index contributed by atoms with van der Waals surface area (Å²) in [7, 11) is 1.55. The predicted molar refractivity (Wildman–Crippen MR) is 131 cm³/mol. The van der Waals surface area contributed by atoms with E-state index in [1.807, 2.05) is 0 Å². The van der Waals surface area contributed by atoms with E-state index in [1.165, 1.54) is 109 Å². The van der Waals surface area contributed by atoms with Gasteiger partial charge < -0.3 is 0 Å². The Kier molecular flexibility index (Phi) is 33.8. The van der Waals surface area contributed by atoms with Gasteiger partial charge in [0.1, 0.15) is 0 Å². The van der Waals surface area contributed by atoms with Crippen LogP contribution >= 0.6 is 0 Å². The minimum Gasteiger partial charge on any atom is -0.240 e. The Morgan fingerprint density at radius 2 is 0.931 bits per heavy atom. The third-order valence-electron chi connectivity index (χ3n) is 4.98. The standard InChI is InChI=1S/C18H34.C9H20O2/c1-3-5-7-9-11-13-15-17-18-16-14-12-10-8-6-4-2;1-3-4-5-6-7-8-9-11-10-2/h5,7,10,12H,3-4,6,8-9,11,13-18H2,1-2H3;3-9H2,1-2H3/b7-5-,12-10-;. The van der Waals surface area contributed by atoms with Crippen LogP contribution in [0.2, 0.25) is 0 Å². The Labute approximate surface area is 184 Å². The van der Waals surface area contributed by atoms with Crippen molar-refractivity contribution in [2.75, 3.05) is 13.7 Å². The van der Waals surface area contributed by atoms with Gasteiger partial charge in [0, 0.05) is 0 Å². The largest absolute Gasteiger partial charge is 0.240 e. The minimum absolute atomic E-state index is 0.739. The molecule has 0 radical (unpaired) electrons. The fourth-order valence-corrected chi connectivity index (χ4v) is 3.10. The molecule has 0 aromatic heterocycles. The number of hydrogen-bond donors (Lipinski definition) is 0. The van der Waals surface area contributed by atoms with Crippen LogP contribution in [-0.4, -0.2) is 13.7 Å². The third-order valence-corrected chi connectivity index (χ3v) is 4.98. The van der Waals surface area contributed by atoms with E-state index in [2.05, 4.69) is 50.0 Å². The molecule has 0 atom stereocenters. The second-order valence-corrected chi connectivity index (χ2v) is 7.95. The monoisotopic (exact) mass is 410 g/mol. The highest BCUT2D eigenvalue weighted by Gasteiger charge is 1.90. The van der Waals surface area contributed by atoms with E-state index in [0.29, 0.717) is 0 Å². The van der Waals surface area contributed by atoms with Gasteiger partial charge in [-0.1, -0.05) is 116 Å². The summed E-state index contributed by atoms with van der Waals surface area (Å²) in [6.45, 7) is 7.43. The van der Waals surface area contributed by atoms with Gasteiger partial charge >= 0.3 is 0 Å². The summed E-state index contributed by atoms with van der Waals surface area (Å²) in [6, 6.07) is 0. The lowest BCUT2D eigenvalue weighted by atomic mass is 10.1. The smallest absolute Gasteiger partial charge is 0.0822 e. The van der Waals surface area contributed by atoms with Crippen molar-refractivity contribution in [2.24, 2.45) is 0 Å². The number of allylic oxidation sites excluding steroid dienone is 4. The maximum atomic E-state index is 4.74. The topological polar surface area (TPSA) is 18.5 Å². The quantitative estimate of drug-likeness (QED) is 0.0811. The minimum atomic E-state index is 0.739. The second-order valence-electron chi connectivity index (χ2n) is 7.95.